The first kappa shape index (κ1) is 15.8. The number of aliphatic carboxylic acids is 1. The van der Waals surface area contributed by atoms with E-state index in [1.165, 1.54) is 14.0 Å². The number of allylic oxidation sites excluding steroid dienone is 1. The third kappa shape index (κ3) is 5.75. The van der Waals surface area contributed by atoms with Crippen LogP contribution in [0.15, 0.2) is 43.0 Å². The molecule has 0 heterocycles. The molecule has 1 aromatic carbocycles. The van der Waals surface area contributed by atoms with E-state index >= 15 is 0 Å². The number of rotatable bonds is 4. The fraction of sp³-hybridized carbons (Fsp3) is 0.214. The molecule has 0 unspecified atom stereocenters. The van der Waals surface area contributed by atoms with Crippen molar-refractivity contribution in [2.75, 3.05) is 7.11 Å². The number of carboxylic acids is 1. The maximum atomic E-state index is 9.60. The van der Waals surface area contributed by atoms with Gasteiger partial charge in [0.15, 0.2) is 11.5 Å². The largest absolute Gasteiger partial charge is 0.504 e. The van der Waals surface area contributed by atoms with E-state index in [0.29, 0.717) is 5.75 Å². The van der Waals surface area contributed by atoms with Gasteiger partial charge in [0.1, 0.15) is 0 Å². The van der Waals surface area contributed by atoms with Crippen LogP contribution >= 0.6 is 0 Å². The van der Waals surface area contributed by atoms with Gasteiger partial charge in [0.2, 0.25) is 0 Å². The predicted molar refractivity (Wildman–Crippen MR) is 71.0 cm³/mol. The highest BCUT2D eigenvalue weighted by Gasteiger charge is 2.00. The van der Waals surface area contributed by atoms with E-state index in [0.717, 1.165) is 12.0 Å². The molecule has 0 atom stereocenters. The van der Waals surface area contributed by atoms with Crippen LogP contribution in [0.2, 0.25) is 0 Å². The Hall–Kier alpha value is -2.23. The molecule has 0 saturated carbocycles. The van der Waals surface area contributed by atoms with Crippen LogP contribution in [0.4, 0.5) is 0 Å². The third-order valence-corrected chi connectivity index (χ3v) is 1.99. The summed E-state index contributed by atoms with van der Waals surface area (Å²) in [7, 11) is 1.53. The van der Waals surface area contributed by atoms with Crippen LogP contribution in [0.3, 0.4) is 0 Å². The third-order valence-electron chi connectivity index (χ3n) is 1.99. The van der Waals surface area contributed by atoms with E-state index in [2.05, 4.69) is 13.2 Å². The summed E-state index contributed by atoms with van der Waals surface area (Å²) in [5.41, 5.74) is 1.26. The Kier molecular flexibility index (Phi) is 6.96. The van der Waals surface area contributed by atoms with Gasteiger partial charge in [-0.2, -0.15) is 0 Å². The Morgan fingerprint density at radius 1 is 1.50 bits per heavy atom. The van der Waals surface area contributed by atoms with Crippen molar-refractivity contribution in [2.24, 2.45) is 0 Å². The Balaban J connectivity index is 0.000000411. The van der Waals surface area contributed by atoms with E-state index in [9.17, 15) is 9.90 Å². The second-order valence-corrected chi connectivity index (χ2v) is 3.58. The minimum absolute atomic E-state index is 0.172. The molecule has 2 N–H and O–H groups in total. The molecule has 0 fully saturated rings. The van der Waals surface area contributed by atoms with E-state index in [1.54, 1.807) is 12.1 Å². The van der Waals surface area contributed by atoms with Gasteiger partial charge < -0.3 is 14.9 Å². The molecule has 0 radical (unpaired) electrons. The van der Waals surface area contributed by atoms with E-state index in [4.69, 9.17) is 9.84 Å². The van der Waals surface area contributed by atoms with Crippen LogP contribution < -0.4 is 4.74 Å². The molecule has 0 aliphatic rings. The Morgan fingerprint density at radius 2 is 2.06 bits per heavy atom. The van der Waals surface area contributed by atoms with Crippen LogP contribution in [-0.4, -0.2) is 23.3 Å². The molecule has 1 aromatic rings. The lowest BCUT2D eigenvalue weighted by molar-refractivity contribution is -0.132. The molecule has 0 saturated heterocycles. The number of methoxy groups -OCH3 is 1. The summed E-state index contributed by atoms with van der Waals surface area (Å²) < 4.78 is 4.95. The number of hydrogen-bond acceptors (Lipinski definition) is 3. The van der Waals surface area contributed by atoms with Crippen molar-refractivity contribution in [1.82, 2.24) is 0 Å². The molecular weight excluding hydrogens is 232 g/mol. The summed E-state index contributed by atoms with van der Waals surface area (Å²) >= 11 is 0. The first-order valence-corrected chi connectivity index (χ1v) is 5.28. The fourth-order valence-electron chi connectivity index (χ4n) is 1.02. The minimum Gasteiger partial charge on any atom is -0.504 e. The van der Waals surface area contributed by atoms with Gasteiger partial charge in [0.05, 0.1) is 7.11 Å². The van der Waals surface area contributed by atoms with Crippen molar-refractivity contribution in [3.63, 3.8) is 0 Å². The number of phenols is 1. The molecule has 0 amide bonds. The lowest BCUT2D eigenvalue weighted by atomic mass is 10.1. The number of hydrogen-bond donors (Lipinski definition) is 2. The van der Waals surface area contributed by atoms with Crippen LogP contribution in [0.5, 0.6) is 11.5 Å². The van der Waals surface area contributed by atoms with E-state index in [-0.39, 0.29) is 11.3 Å². The van der Waals surface area contributed by atoms with E-state index < -0.39 is 5.97 Å². The molecule has 0 aromatic heterocycles. The first-order valence-electron chi connectivity index (χ1n) is 5.28. The zero-order valence-electron chi connectivity index (χ0n) is 10.6. The van der Waals surface area contributed by atoms with Gasteiger partial charge in [-0.25, -0.2) is 4.79 Å². The van der Waals surface area contributed by atoms with Crippen molar-refractivity contribution >= 4 is 5.97 Å². The quantitative estimate of drug-likeness (QED) is 0.637. The van der Waals surface area contributed by atoms with Crippen LogP contribution in [0, 0.1) is 0 Å². The lowest BCUT2D eigenvalue weighted by Crippen LogP contribution is -1.92. The average Bonchev–Trinajstić information content (AvgIpc) is 2.32. The van der Waals surface area contributed by atoms with Gasteiger partial charge in [-0.05, 0) is 31.0 Å². The van der Waals surface area contributed by atoms with Crippen molar-refractivity contribution in [3.8, 4) is 11.5 Å². The van der Waals surface area contributed by atoms with E-state index in [1.807, 2.05) is 12.1 Å². The number of benzene rings is 1. The maximum absolute atomic E-state index is 9.60. The number of ether oxygens (including phenoxy) is 1. The number of phenolic OH excluding ortho intramolecular Hbond substituents is 1. The highest BCUT2D eigenvalue weighted by Crippen LogP contribution is 2.26. The maximum Gasteiger partial charge on any atom is 0.330 e. The standard InChI is InChI=1S/C10H12O2.C4H6O2/c1-3-4-8-5-6-9(11)10(7-8)12-2;1-3(2)4(5)6/h3,5-7,11H,1,4H2,2H3;1H2,2H3,(H,5,6). The number of carbonyl (C=O) groups is 1. The molecule has 18 heavy (non-hydrogen) atoms. The minimum atomic E-state index is -0.935. The molecule has 0 spiro atoms. The van der Waals surface area contributed by atoms with Crippen molar-refractivity contribution in [2.45, 2.75) is 13.3 Å². The Morgan fingerprint density at radius 3 is 2.44 bits per heavy atom. The Bertz CT molecular complexity index is 423. The first-order chi connectivity index (χ1) is 8.42. The predicted octanol–water partition coefficient (Wildman–Crippen LogP) is 2.78. The summed E-state index contributed by atoms with van der Waals surface area (Å²) in [5, 5.41) is 17.1. The highest BCUT2D eigenvalue weighted by atomic mass is 16.5. The summed E-state index contributed by atoms with van der Waals surface area (Å²) in [5.74, 6) is -0.255. The van der Waals surface area contributed by atoms with Gasteiger partial charge in [0, 0.05) is 5.57 Å². The van der Waals surface area contributed by atoms with Crippen LogP contribution in [-0.2, 0) is 11.2 Å². The van der Waals surface area contributed by atoms with Crippen LogP contribution in [0.25, 0.3) is 0 Å². The molecule has 0 bridgehead atoms. The SMILES string of the molecule is C=C(C)C(=O)O.C=CCc1ccc(O)c(OC)c1. The van der Waals surface area contributed by atoms with Gasteiger partial charge in [0.25, 0.3) is 0 Å². The monoisotopic (exact) mass is 250 g/mol. The lowest BCUT2D eigenvalue weighted by Gasteiger charge is -2.04. The molecule has 0 aliphatic carbocycles. The second-order valence-electron chi connectivity index (χ2n) is 3.58. The molecule has 4 nitrogen and oxygen atoms in total. The zero-order chi connectivity index (χ0) is 14.1. The van der Waals surface area contributed by atoms with Gasteiger partial charge >= 0.3 is 5.97 Å². The average molecular weight is 250 g/mol. The summed E-state index contributed by atoms with van der Waals surface area (Å²) in [6, 6.07) is 5.27. The second kappa shape index (κ2) is 7.95. The fourth-order valence-corrected chi connectivity index (χ4v) is 1.02. The van der Waals surface area contributed by atoms with Gasteiger partial charge in [-0.1, -0.05) is 18.7 Å². The molecular formula is C14H18O4. The Labute approximate surface area is 107 Å². The number of aromatic hydroxyl groups is 1. The topological polar surface area (TPSA) is 66.8 Å². The smallest absolute Gasteiger partial charge is 0.330 e. The molecule has 1 rings (SSSR count). The van der Waals surface area contributed by atoms with Crippen LogP contribution in [0.1, 0.15) is 12.5 Å². The zero-order valence-corrected chi connectivity index (χ0v) is 10.6. The summed E-state index contributed by atoms with van der Waals surface area (Å²) in [6.07, 6.45) is 2.60. The van der Waals surface area contributed by atoms with Crippen molar-refractivity contribution in [3.05, 3.63) is 48.6 Å². The summed E-state index contributed by atoms with van der Waals surface area (Å²) in [6.45, 7) is 8.23. The number of carboxylic acid groups (broad SMARTS) is 1. The summed E-state index contributed by atoms with van der Waals surface area (Å²) in [4.78, 5) is 9.60. The van der Waals surface area contributed by atoms with Gasteiger partial charge in [-0.15, -0.1) is 6.58 Å². The molecule has 0 aliphatic heterocycles. The normalized spacial score (nSPS) is 8.78. The van der Waals surface area contributed by atoms with Gasteiger partial charge in [-0.3, -0.25) is 0 Å². The molecule has 98 valence electrons. The molecule has 4 heteroatoms. The van der Waals surface area contributed by atoms with Crippen molar-refractivity contribution < 1.29 is 19.7 Å². The van der Waals surface area contributed by atoms with Crippen molar-refractivity contribution in [1.29, 1.82) is 0 Å². The highest BCUT2D eigenvalue weighted by molar-refractivity contribution is 5.84.